The van der Waals surface area contributed by atoms with Gasteiger partial charge < -0.3 is 4.74 Å². The van der Waals surface area contributed by atoms with Gasteiger partial charge in [-0.25, -0.2) is 0 Å². The SMILES string of the molecule is Cc1ccc([S@](=O)C[C@@H]2CO2)cc1. The molecule has 1 saturated heterocycles. The maximum atomic E-state index is 11.6. The van der Waals surface area contributed by atoms with Crippen LogP contribution in [-0.2, 0) is 15.5 Å². The molecule has 1 aliphatic heterocycles. The molecule has 13 heavy (non-hydrogen) atoms. The lowest BCUT2D eigenvalue weighted by molar-refractivity contribution is 0.425. The van der Waals surface area contributed by atoms with Crippen molar-refractivity contribution in [3.8, 4) is 0 Å². The number of rotatable bonds is 3. The number of hydrogen-bond acceptors (Lipinski definition) is 2. The van der Waals surface area contributed by atoms with Crippen molar-refractivity contribution < 1.29 is 8.95 Å². The fourth-order valence-corrected chi connectivity index (χ4v) is 2.28. The van der Waals surface area contributed by atoms with Crippen LogP contribution < -0.4 is 0 Å². The van der Waals surface area contributed by atoms with Gasteiger partial charge in [-0.05, 0) is 19.1 Å². The fraction of sp³-hybridized carbons (Fsp3) is 0.400. The molecule has 2 rings (SSSR count). The van der Waals surface area contributed by atoms with Crippen molar-refractivity contribution in [1.82, 2.24) is 0 Å². The van der Waals surface area contributed by atoms with Crippen LogP contribution in [-0.4, -0.2) is 22.7 Å². The average molecular weight is 196 g/mol. The van der Waals surface area contributed by atoms with Gasteiger partial charge in [0.25, 0.3) is 0 Å². The third-order valence-corrected chi connectivity index (χ3v) is 3.50. The second-order valence-electron chi connectivity index (χ2n) is 3.28. The summed E-state index contributed by atoms with van der Waals surface area (Å²) in [6.07, 6.45) is 0.238. The summed E-state index contributed by atoms with van der Waals surface area (Å²) in [5.41, 5.74) is 1.20. The van der Waals surface area contributed by atoms with E-state index >= 15 is 0 Å². The summed E-state index contributed by atoms with van der Waals surface area (Å²) in [5, 5.41) is 0. The standard InChI is InChI=1S/C10H12O2S/c1-8-2-4-10(5-3-8)13(11)7-9-6-12-9/h2-5,9H,6-7H2,1H3/t9-,13+/m0/s1. The Bertz CT molecular complexity index is 314. The molecular formula is C10H12O2S. The lowest BCUT2D eigenvalue weighted by Crippen LogP contribution is -2.03. The summed E-state index contributed by atoms with van der Waals surface area (Å²) in [7, 11) is -0.884. The smallest absolute Gasteiger partial charge is 0.0928 e. The summed E-state index contributed by atoms with van der Waals surface area (Å²) in [6, 6.07) is 7.82. The molecule has 1 aliphatic rings. The van der Waals surface area contributed by atoms with E-state index in [0.717, 1.165) is 11.5 Å². The Morgan fingerprint density at radius 3 is 2.62 bits per heavy atom. The molecule has 1 aromatic carbocycles. The van der Waals surface area contributed by atoms with E-state index in [1.165, 1.54) is 5.56 Å². The molecule has 3 heteroatoms. The van der Waals surface area contributed by atoms with Crippen molar-refractivity contribution >= 4 is 10.8 Å². The summed E-state index contributed by atoms with van der Waals surface area (Å²) >= 11 is 0. The number of hydrogen-bond donors (Lipinski definition) is 0. The van der Waals surface area contributed by atoms with Crippen molar-refractivity contribution in [2.75, 3.05) is 12.4 Å². The Labute approximate surface area is 80.4 Å². The highest BCUT2D eigenvalue weighted by molar-refractivity contribution is 7.85. The molecule has 0 aliphatic carbocycles. The van der Waals surface area contributed by atoms with E-state index in [0.29, 0.717) is 5.75 Å². The van der Waals surface area contributed by atoms with Crippen molar-refractivity contribution in [1.29, 1.82) is 0 Å². The molecule has 0 bridgehead atoms. The second-order valence-corrected chi connectivity index (χ2v) is 4.78. The predicted octanol–water partition coefficient (Wildman–Crippen LogP) is 1.50. The van der Waals surface area contributed by atoms with E-state index in [9.17, 15) is 4.21 Å². The Balaban J connectivity index is 2.05. The number of epoxide rings is 1. The highest BCUT2D eigenvalue weighted by Gasteiger charge is 2.25. The molecule has 0 spiro atoms. The van der Waals surface area contributed by atoms with E-state index in [4.69, 9.17) is 4.74 Å². The average Bonchev–Trinajstić information content (AvgIpc) is 2.89. The number of ether oxygens (including phenoxy) is 1. The van der Waals surface area contributed by atoms with Crippen LogP contribution in [0, 0.1) is 6.92 Å². The molecule has 1 aromatic rings. The highest BCUT2D eigenvalue weighted by atomic mass is 32.2. The normalized spacial score (nSPS) is 22.7. The summed E-state index contributed by atoms with van der Waals surface area (Å²) in [4.78, 5) is 0.904. The van der Waals surface area contributed by atoms with Crippen LogP contribution in [0.1, 0.15) is 5.56 Å². The van der Waals surface area contributed by atoms with Gasteiger partial charge in [0.2, 0.25) is 0 Å². The van der Waals surface area contributed by atoms with Crippen molar-refractivity contribution in [3.63, 3.8) is 0 Å². The van der Waals surface area contributed by atoms with E-state index in [1.807, 2.05) is 31.2 Å². The molecule has 0 saturated carbocycles. The Hall–Kier alpha value is -0.670. The highest BCUT2D eigenvalue weighted by Crippen LogP contribution is 2.15. The molecule has 0 amide bonds. The van der Waals surface area contributed by atoms with Crippen molar-refractivity contribution in [3.05, 3.63) is 29.8 Å². The number of benzene rings is 1. The van der Waals surface area contributed by atoms with Crippen LogP contribution in [0.25, 0.3) is 0 Å². The third-order valence-electron chi connectivity index (χ3n) is 2.02. The fourth-order valence-electron chi connectivity index (χ4n) is 1.12. The Kier molecular flexibility index (Phi) is 2.47. The third kappa shape index (κ3) is 2.39. The monoisotopic (exact) mass is 196 g/mol. The Morgan fingerprint density at radius 1 is 1.46 bits per heavy atom. The molecule has 1 heterocycles. The zero-order valence-corrected chi connectivity index (χ0v) is 8.34. The topological polar surface area (TPSA) is 29.6 Å². The lowest BCUT2D eigenvalue weighted by Gasteiger charge is -1.99. The molecule has 0 unspecified atom stereocenters. The van der Waals surface area contributed by atoms with Crippen LogP contribution in [0.5, 0.6) is 0 Å². The minimum absolute atomic E-state index is 0.238. The molecule has 0 radical (unpaired) electrons. The van der Waals surface area contributed by atoms with Gasteiger partial charge in [0.15, 0.2) is 0 Å². The van der Waals surface area contributed by atoms with Crippen molar-refractivity contribution in [2.45, 2.75) is 17.9 Å². The van der Waals surface area contributed by atoms with E-state index in [1.54, 1.807) is 0 Å². The second kappa shape index (κ2) is 3.60. The lowest BCUT2D eigenvalue weighted by atomic mass is 10.2. The summed E-state index contributed by atoms with van der Waals surface area (Å²) < 4.78 is 16.7. The molecule has 2 atom stereocenters. The first-order chi connectivity index (χ1) is 6.25. The first kappa shape index (κ1) is 8.91. The van der Waals surface area contributed by atoms with Gasteiger partial charge in [-0.15, -0.1) is 0 Å². The van der Waals surface area contributed by atoms with Crippen LogP contribution >= 0.6 is 0 Å². The van der Waals surface area contributed by atoms with Gasteiger partial charge in [0.05, 0.1) is 29.3 Å². The predicted molar refractivity (Wildman–Crippen MR) is 52.2 cm³/mol. The van der Waals surface area contributed by atoms with Gasteiger partial charge >= 0.3 is 0 Å². The summed E-state index contributed by atoms with van der Waals surface area (Å²) in [5.74, 6) is 0.642. The van der Waals surface area contributed by atoms with Crippen LogP contribution in [0.4, 0.5) is 0 Å². The van der Waals surface area contributed by atoms with Crippen molar-refractivity contribution in [2.24, 2.45) is 0 Å². The van der Waals surface area contributed by atoms with E-state index in [-0.39, 0.29) is 6.10 Å². The van der Waals surface area contributed by atoms with E-state index < -0.39 is 10.8 Å². The Morgan fingerprint density at radius 2 is 2.08 bits per heavy atom. The van der Waals surface area contributed by atoms with Gasteiger partial charge in [-0.1, -0.05) is 17.7 Å². The molecule has 0 aromatic heterocycles. The van der Waals surface area contributed by atoms with E-state index in [2.05, 4.69) is 0 Å². The van der Waals surface area contributed by atoms with Gasteiger partial charge in [-0.2, -0.15) is 0 Å². The van der Waals surface area contributed by atoms with Gasteiger partial charge in [0.1, 0.15) is 0 Å². The zero-order chi connectivity index (χ0) is 9.26. The molecule has 70 valence electrons. The molecule has 1 fully saturated rings. The van der Waals surface area contributed by atoms with Crippen LogP contribution in [0.2, 0.25) is 0 Å². The maximum Gasteiger partial charge on any atom is 0.0928 e. The molecule has 0 N–H and O–H groups in total. The first-order valence-corrected chi connectivity index (χ1v) is 5.64. The quantitative estimate of drug-likeness (QED) is 0.686. The first-order valence-electron chi connectivity index (χ1n) is 4.32. The van der Waals surface area contributed by atoms with Crippen LogP contribution in [0.3, 0.4) is 0 Å². The van der Waals surface area contributed by atoms with Gasteiger partial charge in [-0.3, -0.25) is 4.21 Å². The van der Waals surface area contributed by atoms with Crippen LogP contribution in [0.15, 0.2) is 29.2 Å². The minimum Gasteiger partial charge on any atom is -0.372 e. The summed E-state index contributed by atoms with van der Waals surface area (Å²) in [6.45, 7) is 2.80. The largest absolute Gasteiger partial charge is 0.372 e. The molecule has 2 nitrogen and oxygen atoms in total. The van der Waals surface area contributed by atoms with Gasteiger partial charge in [0, 0.05) is 4.90 Å². The number of aryl methyl sites for hydroxylation is 1. The minimum atomic E-state index is -0.884. The maximum absolute atomic E-state index is 11.6. The zero-order valence-electron chi connectivity index (χ0n) is 7.53. The molecular weight excluding hydrogens is 184 g/mol.